The Balaban J connectivity index is 2.09. The number of nitrogens with one attached hydrogen (secondary N) is 1. The maximum Gasteiger partial charge on any atom is 0.106 e. The average Bonchev–Trinajstić information content (AvgIpc) is 2.07. The zero-order valence-electron chi connectivity index (χ0n) is 6.68. The van der Waals surface area contributed by atoms with Crippen LogP contribution in [-0.2, 0) is 0 Å². The van der Waals surface area contributed by atoms with Gasteiger partial charge >= 0.3 is 0 Å². The van der Waals surface area contributed by atoms with E-state index < -0.39 is 0 Å². The van der Waals surface area contributed by atoms with Crippen molar-refractivity contribution in [3.8, 4) is 0 Å². The van der Waals surface area contributed by atoms with Gasteiger partial charge in [0.1, 0.15) is 5.84 Å². The molecule has 1 aliphatic rings. The zero-order valence-corrected chi connectivity index (χ0v) is 7.49. The van der Waals surface area contributed by atoms with E-state index in [-0.39, 0.29) is 0 Å². The molecule has 3 nitrogen and oxygen atoms in total. The summed E-state index contributed by atoms with van der Waals surface area (Å²) in [5.41, 5.74) is 5.36. The number of hydrogen-bond acceptors (Lipinski definition) is 4. The molecule has 0 bridgehead atoms. The summed E-state index contributed by atoms with van der Waals surface area (Å²) in [6.07, 6.45) is 1.03. The molecule has 3 N–H and O–H groups in total. The second-order valence-corrected chi connectivity index (χ2v) is 3.56. The number of nitrogens with zero attached hydrogens (tertiary/aromatic N) is 1. The van der Waals surface area contributed by atoms with Crippen molar-refractivity contribution in [3.63, 3.8) is 0 Å². The number of aliphatic imine (C=N–C) groups is 1. The van der Waals surface area contributed by atoms with Crippen LogP contribution in [0.15, 0.2) is 4.99 Å². The molecule has 0 unspecified atom stereocenters. The Hall–Kier alpha value is -0.220. The fourth-order valence-electron chi connectivity index (χ4n) is 0.901. The van der Waals surface area contributed by atoms with Gasteiger partial charge in [-0.1, -0.05) is 0 Å². The van der Waals surface area contributed by atoms with Gasteiger partial charge in [0.2, 0.25) is 0 Å². The lowest BCUT2D eigenvalue weighted by molar-refractivity contribution is 0.778. The van der Waals surface area contributed by atoms with Gasteiger partial charge in [-0.15, -0.1) is 0 Å². The molecule has 0 atom stereocenters. The maximum absolute atomic E-state index is 5.36. The molecule has 0 saturated carbocycles. The SMILES string of the molecule is NCCCNC1=NCCSC1. The molecule has 0 aliphatic carbocycles. The Morgan fingerprint density at radius 3 is 3.18 bits per heavy atom. The molecule has 1 heterocycles. The molecule has 0 amide bonds. The molecule has 0 aromatic rings. The van der Waals surface area contributed by atoms with Crippen LogP contribution in [-0.4, -0.2) is 37.0 Å². The summed E-state index contributed by atoms with van der Waals surface area (Å²) in [4.78, 5) is 4.35. The number of nitrogens with two attached hydrogens (primary N) is 1. The van der Waals surface area contributed by atoms with Gasteiger partial charge in [-0.3, -0.25) is 4.99 Å². The van der Waals surface area contributed by atoms with Gasteiger partial charge in [0.25, 0.3) is 0 Å². The molecule has 4 heteroatoms. The molecule has 0 spiro atoms. The Bertz CT molecular complexity index is 136. The van der Waals surface area contributed by atoms with Crippen molar-refractivity contribution >= 4 is 17.6 Å². The zero-order chi connectivity index (χ0) is 7.94. The van der Waals surface area contributed by atoms with Crippen LogP contribution in [0.3, 0.4) is 0 Å². The molecular weight excluding hydrogens is 158 g/mol. The molecule has 64 valence electrons. The van der Waals surface area contributed by atoms with Crippen molar-refractivity contribution in [2.24, 2.45) is 10.7 Å². The minimum Gasteiger partial charge on any atom is -0.373 e. The summed E-state index contributed by atoms with van der Waals surface area (Å²) in [6, 6.07) is 0. The Labute approximate surface area is 71.8 Å². The highest BCUT2D eigenvalue weighted by atomic mass is 32.2. The lowest BCUT2D eigenvalue weighted by Crippen LogP contribution is -2.30. The summed E-state index contributed by atoms with van der Waals surface area (Å²) < 4.78 is 0. The first-order valence-corrected chi connectivity index (χ1v) is 5.14. The Morgan fingerprint density at radius 1 is 1.64 bits per heavy atom. The topological polar surface area (TPSA) is 50.4 Å². The fourth-order valence-corrected chi connectivity index (χ4v) is 1.65. The molecule has 1 rings (SSSR count). The maximum atomic E-state index is 5.36. The van der Waals surface area contributed by atoms with E-state index in [9.17, 15) is 0 Å². The Kier molecular flexibility index (Phi) is 4.38. The minimum absolute atomic E-state index is 0.757. The average molecular weight is 173 g/mol. The van der Waals surface area contributed by atoms with Gasteiger partial charge in [0.15, 0.2) is 0 Å². The van der Waals surface area contributed by atoms with Crippen molar-refractivity contribution in [3.05, 3.63) is 0 Å². The third kappa shape index (κ3) is 3.62. The molecule has 1 aliphatic heterocycles. The number of thioether (sulfide) groups is 1. The number of rotatable bonds is 3. The summed E-state index contributed by atoms with van der Waals surface area (Å²) in [5.74, 6) is 3.36. The van der Waals surface area contributed by atoms with Crippen LogP contribution in [0.5, 0.6) is 0 Å². The van der Waals surface area contributed by atoms with Crippen LogP contribution in [0.4, 0.5) is 0 Å². The van der Waals surface area contributed by atoms with Crippen LogP contribution in [0.2, 0.25) is 0 Å². The number of amidine groups is 1. The van der Waals surface area contributed by atoms with Gasteiger partial charge in [0, 0.05) is 12.3 Å². The molecule has 0 aromatic heterocycles. The van der Waals surface area contributed by atoms with Gasteiger partial charge in [-0.25, -0.2) is 0 Å². The van der Waals surface area contributed by atoms with Crippen LogP contribution in [0.1, 0.15) is 6.42 Å². The van der Waals surface area contributed by atoms with E-state index in [1.807, 2.05) is 11.8 Å². The van der Waals surface area contributed by atoms with E-state index in [1.165, 1.54) is 5.75 Å². The van der Waals surface area contributed by atoms with Crippen LogP contribution < -0.4 is 11.1 Å². The number of hydrogen-bond donors (Lipinski definition) is 2. The molecule has 0 aromatic carbocycles. The van der Waals surface area contributed by atoms with Crippen LogP contribution in [0.25, 0.3) is 0 Å². The predicted octanol–water partition coefficient (Wildman–Crippen LogP) is 0.0701. The van der Waals surface area contributed by atoms with Gasteiger partial charge in [-0.05, 0) is 13.0 Å². The van der Waals surface area contributed by atoms with Gasteiger partial charge < -0.3 is 11.1 Å². The van der Waals surface area contributed by atoms with E-state index in [1.54, 1.807) is 0 Å². The standard InChI is InChI=1S/C7H15N3S/c8-2-1-3-9-7-6-11-5-4-10-7/h1-6,8H2,(H,9,10). The summed E-state index contributed by atoms with van der Waals surface area (Å²) >= 11 is 1.94. The predicted molar refractivity (Wildman–Crippen MR) is 51.3 cm³/mol. The fraction of sp³-hybridized carbons (Fsp3) is 0.857. The second-order valence-electron chi connectivity index (χ2n) is 2.45. The highest BCUT2D eigenvalue weighted by Crippen LogP contribution is 2.04. The summed E-state index contributed by atoms with van der Waals surface area (Å²) in [5, 5.41) is 3.27. The first-order chi connectivity index (χ1) is 5.43. The highest BCUT2D eigenvalue weighted by Gasteiger charge is 2.02. The van der Waals surface area contributed by atoms with E-state index in [0.29, 0.717) is 0 Å². The molecule has 0 radical (unpaired) electrons. The van der Waals surface area contributed by atoms with Gasteiger partial charge in [0.05, 0.1) is 12.3 Å². The van der Waals surface area contributed by atoms with E-state index in [2.05, 4.69) is 10.3 Å². The van der Waals surface area contributed by atoms with Crippen molar-refractivity contribution < 1.29 is 0 Å². The third-order valence-electron chi connectivity index (χ3n) is 1.49. The largest absolute Gasteiger partial charge is 0.373 e. The van der Waals surface area contributed by atoms with Crippen molar-refractivity contribution in [2.75, 3.05) is 31.1 Å². The first-order valence-electron chi connectivity index (χ1n) is 3.98. The highest BCUT2D eigenvalue weighted by molar-refractivity contribution is 8.00. The lowest BCUT2D eigenvalue weighted by atomic mass is 10.4. The third-order valence-corrected chi connectivity index (χ3v) is 2.44. The van der Waals surface area contributed by atoms with Crippen LogP contribution >= 0.6 is 11.8 Å². The van der Waals surface area contributed by atoms with Crippen molar-refractivity contribution in [1.82, 2.24) is 5.32 Å². The van der Waals surface area contributed by atoms with Crippen molar-refractivity contribution in [1.29, 1.82) is 0 Å². The molecule has 0 saturated heterocycles. The normalized spacial score (nSPS) is 17.7. The second kappa shape index (κ2) is 5.43. The van der Waals surface area contributed by atoms with E-state index in [0.717, 1.165) is 37.6 Å². The summed E-state index contributed by atoms with van der Waals surface area (Å²) in [7, 11) is 0. The quantitative estimate of drug-likeness (QED) is 0.594. The molecular formula is C7H15N3S. The van der Waals surface area contributed by atoms with E-state index >= 15 is 0 Å². The van der Waals surface area contributed by atoms with Gasteiger partial charge in [-0.2, -0.15) is 11.8 Å². The van der Waals surface area contributed by atoms with Crippen LogP contribution in [0, 0.1) is 0 Å². The monoisotopic (exact) mass is 173 g/mol. The van der Waals surface area contributed by atoms with Crippen molar-refractivity contribution in [2.45, 2.75) is 6.42 Å². The first kappa shape index (κ1) is 8.87. The molecule has 0 fully saturated rings. The smallest absolute Gasteiger partial charge is 0.106 e. The molecule has 11 heavy (non-hydrogen) atoms. The Morgan fingerprint density at radius 2 is 2.55 bits per heavy atom. The van der Waals surface area contributed by atoms with E-state index in [4.69, 9.17) is 5.73 Å². The summed E-state index contributed by atoms with van der Waals surface area (Å²) in [6.45, 7) is 2.69. The lowest BCUT2D eigenvalue weighted by Gasteiger charge is -2.12. The minimum atomic E-state index is 0.757.